The molecule has 0 aliphatic carbocycles. The maximum atomic E-state index is 4.07. The molecule has 0 aromatic carbocycles. The van der Waals surface area contributed by atoms with E-state index < -0.39 is 0 Å². The molecule has 0 spiro atoms. The normalized spacial score (nSPS) is 10.9. The van der Waals surface area contributed by atoms with Gasteiger partial charge in [-0.3, -0.25) is 4.40 Å². The third kappa shape index (κ3) is 1.84. The highest BCUT2D eigenvalue weighted by Gasteiger charge is 2.06. The highest BCUT2D eigenvalue weighted by Crippen LogP contribution is 2.18. The summed E-state index contributed by atoms with van der Waals surface area (Å²) >= 11 is 3.34. The van der Waals surface area contributed by atoms with Gasteiger partial charge in [-0.15, -0.1) is 10.2 Å². The van der Waals surface area contributed by atoms with E-state index in [1.165, 1.54) is 5.69 Å². The zero-order valence-electron chi connectivity index (χ0n) is 8.81. The Morgan fingerprint density at radius 2 is 2.07 bits per heavy atom. The summed E-state index contributed by atoms with van der Waals surface area (Å²) in [6, 6.07) is 4.12. The third-order valence-corrected chi connectivity index (χ3v) is 3.02. The first-order valence-corrected chi connectivity index (χ1v) is 5.80. The van der Waals surface area contributed by atoms with E-state index in [1.807, 2.05) is 16.7 Å². The van der Waals surface area contributed by atoms with Crippen LogP contribution >= 0.6 is 15.9 Å². The van der Waals surface area contributed by atoms with Gasteiger partial charge in [0.25, 0.3) is 0 Å². The average molecular weight is 269 g/mol. The van der Waals surface area contributed by atoms with Crippen LogP contribution in [0.5, 0.6) is 0 Å². The Hall–Kier alpha value is -1.10. The fourth-order valence-corrected chi connectivity index (χ4v) is 2.02. The molecule has 0 amide bonds. The molecule has 0 radical (unpaired) electrons. The Labute approximate surface area is 97.0 Å². The Kier molecular flexibility index (Phi) is 2.90. The van der Waals surface area contributed by atoms with Crippen molar-refractivity contribution in [2.24, 2.45) is 0 Å². The van der Waals surface area contributed by atoms with Gasteiger partial charge < -0.3 is 4.90 Å². The van der Waals surface area contributed by atoms with Gasteiger partial charge >= 0.3 is 0 Å². The average Bonchev–Trinajstić information content (AvgIpc) is 2.62. The first-order chi connectivity index (χ1) is 7.26. The van der Waals surface area contributed by atoms with Crippen LogP contribution in [0.15, 0.2) is 23.1 Å². The summed E-state index contributed by atoms with van der Waals surface area (Å²) in [6.45, 7) is 6.30. The highest BCUT2D eigenvalue weighted by molar-refractivity contribution is 9.10. The molecular weight excluding hydrogens is 256 g/mol. The van der Waals surface area contributed by atoms with Crippen molar-refractivity contribution in [2.75, 3.05) is 18.0 Å². The van der Waals surface area contributed by atoms with Crippen molar-refractivity contribution >= 4 is 27.3 Å². The molecule has 0 fully saturated rings. The molecule has 2 aromatic heterocycles. The second-order valence-corrected chi connectivity index (χ2v) is 3.96. The van der Waals surface area contributed by atoms with Gasteiger partial charge in [0.1, 0.15) is 0 Å². The summed E-state index contributed by atoms with van der Waals surface area (Å²) in [5.41, 5.74) is 2.05. The maximum absolute atomic E-state index is 4.07. The van der Waals surface area contributed by atoms with E-state index in [4.69, 9.17) is 0 Å². The summed E-state index contributed by atoms with van der Waals surface area (Å²) < 4.78 is 2.65. The Bertz CT molecular complexity index is 461. The van der Waals surface area contributed by atoms with Crippen molar-refractivity contribution in [3.63, 3.8) is 0 Å². The molecular formula is C10H13BrN4. The predicted molar refractivity (Wildman–Crippen MR) is 64.2 cm³/mol. The minimum Gasteiger partial charge on any atom is -0.372 e. The summed E-state index contributed by atoms with van der Waals surface area (Å²) in [6.07, 6.45) is 1.98. The van der Waals surface area contributed by atoms with Crippen LogP contribution in [0.3, 0.4) is 0 Å². The summed E-state index contributed by atoms with van der Waals surface area (Å²) in [4.78, 5) is 2.28. The summed E-state index contributed by atoms with van der Waals surface area (Å²) in [5.74, 6) is 0. The number of halogens is 1. The number of hydrogen-bond acceptors (Lipinski definition) is 3. The lowest BCUT2D eigenvalue weighted by molar-refractivity contribution is 0.864. The number of aromatic nitrogens is 3. The first-order valence-electron chi connectivity index (χ1n) is 5.01. The van der Waals surface area contributed by atoms with Crippen molar-refractivity contribution in [3.05, 3.63) is 23.1 Å². The van der Waals surface area contributed by atoms with Crippen LogP contribution < -0.4 is 4.90 Å². The van der Waals surface area contributed by atoms with Crippen molar-refractivity contribution < 1.29 is 0 Å². The lowest BCUT2D eigenvalue weighted by Crippen LogP contribution is -2.21. The molecule has 2 aromatic rings. The van der Waals surface area contributed by atoms with E-state index in [0.29, 0.717) is 0 Å². The van der Waals surface area contributed by atoms with Gasteiger partial charge in [0.2, 0.25) is 4.73 Å². The minimum absolute atomic E-state index is 0.739. The standard InChI is InChI=1S/C10H13BrN4/c1-3-14(4-2)8-5-6-15-9(7-8)12-13-10(15)11/h5-7H,3-4H2,1-2H3. The molecule has 0 atom stereocenters. The zero-order chi connectivity index (χ0) is 10.8. The smallest absolute Gasteiger partial charge is 0.204 e. The van der Waals surface area contributed by atoms with Crippen LogP contribution in [0.25, 0.3) is 5.65 Å². The number of nitrogens with zero attached hydrogens (tertiary/aromatic N) is 4. The molecule has 0 saturated heterocycles. The van der Waals surface area contributed by atoms with Crippen LogP contribution in [0.2, 0.25) is 0 Å². The second-order valence-electron chi connectivity index (χ2n) is 3.25. The highest BCUT2D eigenvalue weighted by atomic mass is 79.9. The number of fused-ring (bicyclic) bond motifs is 1. The molecule has 0 N–H and O–H groups in total. The van der Waals surface area contributed by atoms with E-state index in [2.05, 4.69) is 50.9 Å². The van der Waals surface area contributed by atoms with Gasteiger partial charge in [0, 0.05) is 31.0 Å². The first kappa shape index (κ1) is 10.4. The minimum atomic E-state index is 0.739. The van der Waals surface area contributed by atoms with Crippen molar-refractivity contribution in [1.29, 1.82) is 0 Å². The Morgan fingerprint density at radius 3 is 2.73 bits per heavy atom. The number of hydrogen-bond donors (Lipinski definition) is 0. The molecule has 15 heavy (non-hydrogen) atoms. The monoisotopic (exact) mass is 268 g/mol. The molecule has 0 unspecified atom stereocenters. The van der Waals surface area contributed by atoms with Gasteiger partial charge in [-0.25, -0.2) is 0 Å². The quantitative estimate of drug-likeness (QED) is 0.857. The molecule has 4 nitrogen and oxygen atoms in total. The summed E-state index contributed by atoms with van der Waals surface area (Å²) in [5, 5.41) is 8.03. The molecule has 80 valence electrons. The number of rotatable bonds is 3. The number of anilines is 1. The largest absolute Gasteiger partial charge is 0.372 e. The van der Waals surface area contributed by atoms with Gasteiger partial charge in [0.05, 0.1) is 0 Å². The molecule has 0 aliphatic rings. The molecule has 0 bridgehead atoms. The van der Waals surface area contributed by atoms with Gasteiger partial charge in [-0.2, -0.15) is 0 Å². The van der Waals surface area contributed by atoms with Crippen LogP contribution in [0, 0.1) is 0 Å². The van der Waals surface area contributed by atoms with Crippen LogP contribution in [-0.2, 0) is 0 Å². The predicted octanol–water partition coefficient (Wildman–Crippen LogP) is 2.34. The maximum Gasteiger partial charge on any atom is 0.204 e. The van der Waals surface area contributed by atoms with Crippen LogP contribution in [-0.4, -0.2) is 27.7 Å². The van der Waals surface area contributed by atoms with Gasteiger partial charge in [-0.1, -0.05) is 0 Å². The van der Waals surface area contributed by atoms with E-state index >= 15 is 0 Å². The van der Waals surface area contributed by atoms with Gasteiger partial charge in [0.15, 0.2) is 5.65 Å². The molecule has 2 heterocycles. The van der Waals surface area contributed by atoms with E-state index in [-0.39, 0.29) is 0 Å². The molecule has 0 saturated carbocycles. The fourth-order valence-electron chi connectivity index (χ4n) is 1.64. The molecule has 0 aliphatic heterocycles. The van der Waals surface area contributed by atoms with Crippen LogP contribution in [0.1, 0.15) is 13.8 Å². The zero-order valence-corrected chi connectivity index (χ0v) is 10.4. The topological polar surface area (TPSA) is 33.4 Å². The third-order valence-electron chi connectivity index (χ3n) is 2.48. The molecule has 2 rings (SSSR count). The molecule has 5 heteroatoms. The fraction of sp³-hybridized carbons (Fsp3) is 0.400. The van der Waals surface area contributed by atoms with Crippen LogP contribution in [0.4, 0.5) is 5.69 Å². The van der Waals surface area contributed by atoms with Crippen molar-refractivity contribution in [3.8, 4) is 0 Å². The van der Waals surface area contributed by atoms with E-state index in [0.717, 1.165) is 23.5 Å². The Balaban J connectivity index is 2.46. The summed E-state index contributed by atoms with van der Waals surface area (Å²) in [7, 11) is 0. The lowest BCUT2D eigenvalue weighted by Gasteiger charge is -2.20. The van der Waals surface area contributed by atoms with E-state index in [1.54, 1.807) is 0 Å². The Morgan fingerprint density at radius 1 is 1.33 bits per heavy atom. The van der Waals surface area contributed by atoms with E-state index in [9.17, 15) is 0 Å². The van der Waals surface area contributed by atoms with Crippen molar-refractivity contribution in [1.82, 2.24) is 14.6 Å². The van der Waals surface area contributed by atoms with Gasteiger partial charge in [-0.05, 0) is 35.8 Å². The SMILES string of the molecule is CCN(CC)c1ccn2c(Br)nnc2c1. The number of pyridine rings is 1. The lowest BCUT2D eigenvalue weighted by atomic mass is 10.3. The second kappa shape index (κ2) is 4.18. The van der Waals surface area contributed by atoms with Crippen molar-refractivity contribution in [2.45, 2.75) is 13.8 Å².